The van der Waals surface area contributed by atoms with Crippen LogP contribution in [0, 0.1) is 0 Å². The van der Waals surface area contributed by atoms with E-state index in [9.17, 15) is 0 Å². The molecule has 2 heterocycles. The molecule has 0 bridgehead atoms. The van der Waals surface area contributed by atoms with Gasteiger partial charge in [-0.2, -0.15) is 0 Å². The average Bonchev–Trinajstić information content (AvgIpc) is 2.84. The van der Waals surface area contributed by atoms with E-state index in [4.69, 9.17) is 21.1 Å². The van der Waals surface area contributed by atoms with Gasteiger partial charge in [-0.15, -0.1) is 0 Å². The summed E-state index contributed by atoms with van der Waals surface area (Å²) < 4.78 is 11.0. The van der Waals surface area contributed by atoms with Crippen molar-refractivity contribution in [1.82, 2.24) is 9.97 Å². The molecule has 1 unspecified atom stereocenters. The average molecular weight is 258 g/mol. The highest BCUT2D eigenvalue weighted by Gasteiger charge is 2.14. The quantitative estimate of drug-likeness (QED) is 0.787. The van der Waals surface area contributed by atoms with E-state index >= 15 is 0 Å². The van der Waals surface area contributed by atoms with Crippen molar-refractivity contribution in [3.05, 3.63) is 17.5 Å². The molecule has 94 valence electrons. The molecule has 1 aliphatic heterocycles. The number of hydrogen-bond acceptors (Lipinski definition) is 5. The molecule has 1 atom stereocenters. The van der Waals surface area contributed by atoms with Crippen LogP contribution < -0.4 is 5.32 Å². The second-order valence-corrected chi connectivity index (χ2v) is 4.26. The highest BCUT2D eigenvalue weighted by molar-refractivity contribution is 6.32. The number of aromatic nitrogens is 2. The number of hydrogen-bond donors (Lipinski definition) is 1. The zero-order chi connectivity index (χ0) is 11.9. The van der Waals surface area contributed by atoms with Gasteiger partial charge in [-0.1, -0.05) is 11.6 Å². The van der Waals surface area contributed by atoms with Gasteiger partial charge in [0.15, 0.2) is 0 Å². The van der Waals surface area contributed by atoms with Gasteiger partial charge in [0.25, 0.3) is 0 Å². The lowest BCUT2D eigenvalue weighted by Crippen LogP contribution is -2.18. The zero-order valence-electron chi connectivity index (χ0n) is 9.56. The number of nitrogens with zero attached hydrogens (tertiary/aromatic N) is 2. The SMILES string of the molecule is Clc1cncnc1NCCOCC1CCCO1. The largest absolute Gasteiger partial charge is 0.377 e. The first-order valence-electron chi connectivity index (χ1n) is 5.75. The molecule has 1 aliphatic rings. The first-order valence-corrected chi connectivity index (χ1v) is 6.13. The Bertz CT molecular complexity index is 345. The molecule has 5 nitrogen and oxygen atoms in total. The first-order chi connectivity index (χ1) is 8.36. The topological polar surface area (TPSA) is 56.3 Å². The van der Waals surface area contributed by atoms with Gasteiger partial charge in [-0.05, 0) is 12.8 Å². The second kappa shape index (κ2) is 6.74. The number of nitrogens with one attached hydrogen (secondary N) is 1. The van der Waals surface area contributed by atoms with Crippen molar-refractivity contribution in [1.29, 1.82) is 0 Å². The van der Waals surface area contributed by atoms with Crippen LogP contribution in [0.5, 0.6) is 0 Å². The van der Waals surface area contributed by atoms with E-state index in [1.807, 2.05) is 0 Å². The lowest BCUT2D eigenvalue weighted by atomic mass is 10.2. The Labute approximate surface area is 105 Å². The van der Waals surface area contributed by atoms with Crippen molar-refractivity contribution in [2.45, 2.75) is 18.9 Å². The fourth-order valence-electron chi connectivity index (χ4n) is 1.67. The van der Waals surface area contributed by atoms with E-state index < -0.39 is 0 Å². The molecule has 0 radical (unpaired) electrons. The predicted molar refractivity (Wildman–Crippen MR) is 65.3 cm³/mol. The van der Waals surface area contributed by atoms with Crippen LogP contribution in [0.1, 0.15) is 12.8 Å². The molecule has 17 heavy (non-hydrogen) atoms. The standard InChI is InChI=1S/C11H16ClN3O2/c12-10-6-13-8-15-11(10)14-3-5-16-7-9-2-1-4-17-9/h6,8-9H,1-5,7H2,(H,13,14,15). The Morgan fingerprint density at radius 3 is 3.29 bits per heavy atom. The van der Waals surface area contributed by atoms with Crippen molar-refractivity contribution < 1.29 is 9.47 Å². The van der Waals surface area contributed by atoms with Crippen molar-refractivity contribution in [3.8, 4) is 0 Å². The Morgan fingerprint density at radius 2 is 2.53 bits per heavy atom. The van der Waals surface area contributed by atoms with Crippen LogP contribution in [-0.2, 0) is 9.47 Å². The van der Waals surface area contributed by atoms with Crippen LogP contribution in [0.2, 0.25) is 5.02 Å². The lowest BCUT2D eigenvalue weighted by Gasteiger charge is -2.11. The third kappa shape index (κ3) is 4.11. The van der Waals surface area contributed by atoms with Crippen molar-refractivity contribution in [2.24, 2.45) is 0 Å². The highest BCUT2D eigenvalue weighted by atomic mass is 35.5. The summed E-state index contributed by atoms with van der Waals surface area (Å²) in [6.07, 6.45) is 5.54. The summed E-state index contributed by atoms with van der Waals surface area (Å²) in [7, 11) is 0. The third-order valence-corrected chi connectivity index (χ3v) is 2.81. The molecule has 1 N–H and O–H groups in total. The molecule has 0 amide bonds. The summed E-state index contributed by atoms with van der Waals surface area (Å²) in [5.74, 6) is 0.641. The maximum Gasteiger partial charge on any atom is 0.148 e. The van der Waals surface area contributed by atoms with Crippen LogP contribution in [0.25, 0.3) is 0 Å². The molecular formula is C11H16ClN3O2. The fourth-order valence-corrected chi connectivity index (χ4v) is 1.85. The molecular weight excluding hydrogens is 242 g/mol. The minimum atomic E-state index is 0.276. The molecule has 0 saturated carbocycles. The van der Waals surface area contributed by atoms with E-state index in [1.54, 1.807) is 6.20 Å². The second-order valence-electron chi connectivity index (χ2n) is 3.86. The van der Waals surface area contributed by atoms with Crippen LogP contribution in [0.4, 0.5) is 5.82 Å². The Balaban J connectivity index is 1.58. The van der Waals surface area contributed by atoms with Gasteiger partial charge < -0.3 is 14.8 Å². The molecule has 0 aliphatic carbocycles. The third-order valence-electron chi connectivity index (χ3n) is 2.53. The smallest absolute Gasteiger partial charge is 0.148 e. The normalized spacial score (nSPS) is 19.5. The molecule has 0 spiro atoms. The molecule has 1 saturated heterocycles. The van der Waals surface area contributed by atoms with E-state index in [0.29, 0.717) is 30.6 Å². The summed E-state index contributed by atoms with van der Waals surface area (Å²) in [6, 6.07) is 0. The Morgan fingerprint density at radius 1 is 1.59 bits per heavy atom. The maximum absolute atomic E-state index is 5.89. The summed E-state index contributed by atoms with van der Waals surface area (Å²) >= 11 is 5.89. The van der Waals surface area contributed by atoms with Crippen LogP contribution in [0.3, 0.4) is 0 Å². The highest BCUT2D eigenvalue weighted by Crippen LogP contribution is 2.15. The van der Waals surface area contributed by atoms with E-state index in [0.717, 1.165) is 19.4 Å². The van der Waals surface area contributed by atoms with Crippen molar-refractivity contribution in [2.75, 3.05) is 31.7 Å². The monoisotopic (exact) mass is 257 g/mol. The minimum Gasteiger partial charge on any atom is -0.377 e. The van der Waals surface area contributed by atoms with E-state index in [1.165, 1.54) is 6.33 Å². The molecule has 1 aromatic rings. The summed E-state index contributed by atoms with van der Waals surface area (Å²) in [6.45, 7) is 2.81. The number of ether oxygens (including phenoxy) is 2. The van der Waals surface area contributed by atoms with Gasteiger partial charge in [0.2, 0.25) is 0 Å². The first kappa shape index (κ1) is 12.5. The summed E-state index contributed by atoms with van der Waals surface area (Å²) in [4.78, 5) is 7.83. The predicted octanol–water partition coefficient (Wildman–Crippen LogP) is 1.74. The van der Waals surface area contributed by atoms with E-state index in [-0.39, 0.29) is 6.10 Å². The van der Waals surface area contributed by atoms with Crippen molar-refractivity contribution >= 4 is 17.4 Å². The van der Waals surface area contributed by atoms with Crippen molar-refractivity contribution in [3.63, 3.8) is 0 Å². The molecule has 0 aromatic carbocycles. The molecule has 1 aromatic heterocycles. The Hall–Kier alpha value is -0.910. The van der Waals surface area contributed by atoms with Gasteiger partial charge in [0.05, 0.1) is 25.5 Å². The van der Waals surface area contributed by atoms with Crippen LogP contribution in [0.15, 0.2) is 12.5 Å². The fraction of sp³-hybridized carbons (Fsp3) is 0.636. The molecule has 1 fully saturated rings. The number of halogens is 1. The van der Waals surface area contributed by atoms with Gasteiger partial charge in [0, 0.05) is 13.2 Å². The van der Waals surface area contributed by atoms with Crippen LogP contribution in [-0.4, -0.2) is 42.4 Å². The van der Waals surface area contributed by atoms with Gasteiger partial charge in [-0.25, -0.2) is 9.97 Å². The summed E-state index contributed by atoms with van der Waals surface area (Å²) in [5.41, 5.74) is 0. The van der Waals surface area contributed by atoms with E-state index in [2.05, 4.69) is 15.3 Å². The Kier molecular flexibility index (Phi) is 4.97. The minimum absolute atomic E-state index is 0.276. The molecule has 6 heteroatoms. The summed E-state index contributed by atoms with van der Waals surface area (Å²) in [5, 5.41) is 3.61. The van der Waals surface area contributed by atoms with Gasteiger partial charge >= 0.3 is 0 Å². The van der Waals surface area contributed by atoms with Crippen LogP contribution >= 0.6 is 11.6 Å². The maximum atomic E-state index is 5.89. The molecule has 2 rings (SSSR count). The zero-order valence-corrected chi connectivity index (χ0v) is 10.3. The lowest BCUT2D eigenvalue weighted by molar-refractivity contribution is 0.0206. The number of rotatable bonds is 6. The van der Waals surface area contributed by atoms with Gasteiger partial charge in [-0.3, -0.25) is 0 Å². The number of anilines is 1. The van der Waals surface area contributed by atoms with Gasteiger partial charge in [0.1, 0.15) is 17.2 Å².